The Labute approximate surface area is 252 Å². The van der Waals surface area contributed by atoms with Crippen LogP contribution >= 0.6 is 0 Å². The van der Waals surface area contributed by atoms with E-state index in [1.807, 2.05) is 0 Å². The van der Waals surface area contributed by atoms with Crippen molar-refractivity contribution < 1.29 is 38.9 Å². The first-order valence-electron chi connectivity index (χ1n) is 13.7. The van der Waals surface area contributed by atoms with Crippen LogP contribution in [0.25, 0.3) is 0 Å². The van der Waals surface area contributed by atoms with Gasteiger partial charge in [0.05, 0.1) is 6.61 Å². The van der Waals surface area contributed by atoms with Crippen LogP contribution in [0.3, 0.4) is 0 Å². The third kappa shape index (κ3) is 10.3. The first kappa shape index (κ1) is 34.6. The lowest BCUT2D eigenvalue weighted by Gasteiger charge is -2.31. The van der Waals surface area contributed by atoms with Gasteiger partial charge in [-0.1, -0.05) is 55.0 Å². The van der Waals surface area contributed by atoms with Crippen LogP contribution in [0.4, 0.5) is 4.79 Å². The average Bonchev–Trinajstić information content (AvgIpc) is 2.90. The number of nitrogens with zero attached hydrogens (tertiary/aromatic N) is 1. The van der Waals surface area contributed by atoms with Gasteiger partial charge in [-0.15, -0.1) is 0 Å². The smallest absolute Gasteiger partial charge is 0.408 e. The normalized spacial score (nSPS) is 13.5. The number of terminal acetylenes is 1. The number of ether oxygens (including phenoxy) is 2. The highest BCUT2D eigenvalue weighted by Gasteiger charge is 2.39. The molecule has 0 bridgehead atoms. The Balaban J connectivity index is 2.54. The molecule has 0 fully saturated rings. The minimum Gasteiger partial charge on any atom is -0.507 e. The van der Waals surface area contributed by atoms with Crippen LogP contribution in [0.15, 0.2) is 48.5 Å². The predicted molar refractivity (Wildman–Crippen MR) is 159 cm³/mol. The molecule has 0 heterocycles. The number of para-hydroxylation sites is 1. The minimum absolute atomic E-state index is 0.0413. The molecule has 0 spiro atoms. The highest BCUT2D eigenvalue weighted by atomic mass is 16.6. The lowest BCUT2D eigenvalue weighted by Crippen LogP contribution is -2.54. The van der Waals surface area contributed by atoms with Crippen molar-refractivity contribution in [3.05, 3.63) is 65.2 Å². The van der Waals surface area contributed by atoms with Gasteiger partial charge in [-0.05, 0) is 59.6 Å². The number of phenolic OH excluding ortho intramolecular Hbond substituents is 1. The van der Waals surface area contributed by atoms with E-state index in [-0.39, 0.29) is 17.7 Å². The van der Waals surface area contributed by atoms with Crippen molar-refractivity contribution in [1.82, 2.24) is 15.5 Å². The number of hydrogen-bond donors (Lipinski definition) is 4. The number of phenols is 1. The van der Waals surface area contributed by atoms with Crippen molar-refractivity contribution in [2.24, 2.45) is 0 Å². The number of rotatable bonds is 10. The summed E-state index contributed by atoms with van der Waals surface area (Å²) >= 11 is 0. The Hall–Kier alpha value is -4.56. The fraction of sp³-hybridized carbons (Fsp3) is 0.438. The molecule has 0 aromatic heterocycles. The monoisotopic (exact) mass is 595 g/mol. The van der Waals surface area contributed by atoms with Crippen molar-refractivity contribution in [2.45, 2.75) is 84.2 Å². The fourth-order valence-electron chi connectivity index (χ4n) is 4.04. The molecule has 2 rings (SSSR count). The lowest BCUT2D eigenvalue weighted by molar-refractivity contribution is -0.159. The summed E-state index contributed by atoms with van der Waals surface area (Å²) in [7, 11) is 0. The number of aromatic hydroxyl groups is 1. The van der Waals surface area contributed by atoms with Gasteiger partial charge in [-0.25, -0.2) is 9.59 Å². The maximum atomic E-state index is 14.0. The van der Waals surface area contributed by atoms with Crippen molar-refractivity contribution in [1.29, 1.82) is 0 Å². The molecule has 0 saturated carbocycles. The van der Waals surface area contributed by atoms with E-state index in [1.165, 1.54) is 6.07 Å². The number of alkyl carbamates (subject to hydrolysis) is 1. The summed E-state index contributed by atoms with van der Waals surface area (Å²) in [6, 6.07) is 11.1. The maximum absolute atomic E-state index is 14.0. The van der Waals surface area contributed by atoms with E-state index in [4.69, 9.17) is 15.9 Å². The van der Waals surface area contributed by atoms with Crippen molar-refractivity contribution in [2.75, 3.05) is 6.61 Å². The third-order valence-electron chi connectivity index (χ3n) is 5.91. The molecule has 43 heavy (non-hydrogen) atoms. The number of aryl methyl sites for hydroxylation is 1. The summed E-state index contributed by atoms with van der Waals surface area (Å²) in [5.41, 5.74) is -0.698. The number of esters is 1. The van der Waals surface area contributed by atoms with E-state index in [1.54, 1.807) is 90.9 Å². The van der Waals surface area contributed by atoms with Gasteiger partial charge in [0, 0.05) is 18.0 Å². The van der Waals surface area contributed by atoms with E-state index in [0.717, 1.165) is 5.56 Å². The molecule has 0 aliphatic heterocycles. The summed E-state index contributed by atoms with van der Waals surface area (Å²) in [6.07, 6.45) is 4.79. The predicted octanol–water partition coefficient (Wildman–Crippen LogP) is 3.12. The van der Waals surface area contributed by atoms with Crippen LogP contribution in [0.5, 0.6) is 5.75 Å². The van der Waals surface area contributed by atoms with E-state index in [9.17, 15) is 29.4 Å². The van der Waals surface area contributed by atoms with Crippen LogP contribution in [-0.2, 0) is 30.3 Å². The molecule has 11 heteroatoms. The van der Waals surface area contributed by atoms with E-state index in [2.05, 4.69) is 16.7 Å². The second-order valence-corrected chi connectivity index (χ2v) is 11.9. The zero-order valence-electron chi connectivity index (χ0n) is 25.6. The van der Waals surface area contributed by atoms with E-state index < -0.39 is 59.8 Å². The van der Waals surface area contributed by atoms with Crippen LogP contribution in [-0.4, -0.2) is 68.9 Å². The summed E-state index contributed by atoms with van der Waals surface area (Å²) < 4.78 is 10.7. The quantitative estimate of drug-likeness (QED) is 0.186. The molecule has 0 aliphatic carbocycles. The first-order chi connectivity index (χ1) is 20.0. The first-order valence-corrected chi connectivity index (χ1v) is 13.7. The van der Waals surface area contributed by atoms with Crippen molar-refractivity contribution in [3.63, 3.8) is 0 Å². The highest BCUT2D eigenvalue weighted by Crippen LogP contribution is 2.32. The largest absolute Gasteiger partial charge is 0.507 e. The van der Waals surface area contributed by atoms with Crippen LogP contribution < -0.4 is 10.6 Å². The number of carbonyl (C=O) groups excluding carboxylic acids is 4. The molecule has 0 saturated heterocycles. The van der Waals surface area contributed by atoms with E-state index >= 15 is 0 Å². The number of aliphatic hydroxyl groups is 1. The van der Waals surface area contributed by atoms with Crippen LogP contribution in [0.1, 0.15) is 64.3 Å². The summed E-state index contributed by atoms with van der Waals surface area (Å²) in [5, 5.41) is 25.8. The fourth-order valence-corrected chi connectivity index (χ4v) is 4.04. The summed E-state index contributed by atoms with van der Waals surface area (Å²) in [4.78, 5) is 53.9. The van der Waals surface area contributed by atoms with Gasteiger partial charge < -0.3 is 30.3 Å². The molecule has 4 N–H and O–H groups in total. The SMILES string of the molecule is C#CN(C(=O)C(CO)NC(=O)OC(C)(C)C)C(C(=O)NC(Cc1ccccc1)C(=O)OC(C)(C)C)c1cccc(C)c1O. The molecule has 232 valence electrons. The van der Waals surface area contributed by atoms with Gasteiger partial charge in [0.1, 0.15) is 29.0 Å². The van der Waals surface area contributed by atoms with Gasteiger partial charge in [-0.2, -0.15) is 0 Å². The Bertz CT molecular complexity index is 1340. The van der Waals surface area contributed by atoms with Gasteiger partial charge >= 0.3 is 12.1 Å². The molecule has 0 radical (unpaired) electrons. The summed E-state index contributed by atoms with van der Waals surface area (Å²) in [5.74, 6) is -2.98. The molecule has 3 unspecified atom stereocenters. The van der Waals surface area contributed by atoms with Gasteiger partial charge in [0.2, 0.25) is 5.91 Å². The molecule has 11 nitrogen and oxygen atoms in total. The maximum Gasteiger partial charge on any atom is 0.408 e. The zero-order valence-corrected chi connectivity index (χ0v) is 25.6. The number of hydrogen-bond acceptors (Lipinski definition) is 8. The third-order valence-corrected chi connectivity index (χ3v) is 5.91. The number of amides is 3. The average molecular weight is 596 g/mol. The van der Waals surface area contributed by atoms with Gasteiger partial charge in [0.15, 0.2) is 6.04 Å². The topological polar surface area (TPSA) is 154 Å². The second kappa shape index (κ2) is 14.6. The Morgan fingerprint density at radius 1 is 0.907 bits per heavy atom. The molecule has 2 aromatic rings. The minimum atomic E-state index is -1.67. The molecule has 3 atom stereocenters. The molecule has 3 amide bonds. The number of aliphatic hydroxyl groups excluding tert-OH is 1. The lowest BCUT2D eigenvalue weighted by atomic mass is 9.98. The Kier molecular flexibility index (Phi) is 11.7. The molecular formula is C32H41N3O8. The second-order valence-electron chi connectivity index (χ2n) is 11.9. The standard InChI is InChI=1S/C32H41N3O8/c1-9-35(28(39)24(19-36)34-30(41)43-32(6,7)8)25(22-17-13-14-20(2)26(22)37)27(38)33-23(29(40)42-31(3,4)5)18-21-15-11-10-12-16-21/h1,10-17,23-25,36-37H,18-19H2,2-8H3,(H,33,38)(H,34,41). The number of nitrogens with one attached hydrogen (secondary N) is 2. The Morgan fingerprint density at radius 3 is 2.05 bits per heavy atom. The van der Waals surface area contributed by atoms with Crippen molar-refractivity contribution in [3.8, 4) is 18.2 Å². The van der Waals surface area contributed by atoms with Crippen LogP contribution in [0, 0.1) is 19.4 Å². The molecular weight excluding hydrogens is 554 g/mol. The number of benzene rings is 2. The van der Waals surface area contributed by atoms with E-state index in [0.29, 0.717) is 10.5 Å². The van der Waals surface area contributed by atoms with Gasteiger partial charge in [-0.3, -0.25) is 14.5 Å². The molecule has 0 aliphatic rings. The molecule has 2 aromatic carbocycles. The summed E-state index contributed by atoms with van der Waals surface area (Å²) in [6.45, 7) is 10.6. The zero-order chi connectivity index (χ0) is 32.5. The van der Waals surface area contributed by atoms with Gasteiger partial charge in [0.25, 0.3) is 5.91 Å². The van der Waals surface area contributed by atoms with Crippen molar-refractivity contribution >= 4 is 23.9 Å². The highest BCUT2D eigenvalue weighted by molar-refractivity contribution is 5.95. The number of carbonyl (C=O) groups is 4. The van der Waals surface area contributed by atoms with Crippen LogP contribution in [0.2, 0.25) is 0 Å². The Morgan fingerprint density at radius 2 is 1.51 bits per heavy atom.